The average Bonchev–Trinajstić information content (AvgIpc) is 3.08. The first-order valence-electron chi connectivity index (χ1n) is 10.6. The zero-order chi connectivity index (χ0) is 18.8. The number of hydrogen-bond acceptors (Lipinski definition) is 6. The zero-order valence-corrected chi connectivity index (χ0v) is 16.7. The van der Waals surface area contributed by atoms with Crippen molar-refractivity contribution < 1.29 is 9.32 Å². The van der Waals surface area contributed by atoms with Crippen LogP contribution >= 0.6 is 0 Å². The van der Waals surface area contributed by atoms with Crippen molar-refractivity contribution in [2.24, 2.45) is 23.2 Å². The van der Waals surface area contributed by atoms with Crippen LogP contribution in [-0.4, -0.2) is 71.2 Å². The van der Waals surface area contributed by atoms with Crippen LogP contribution in [0.25, 0.3) is 0 Å². The maximum atomic E-state index is 12.6. The third-order valence-electron chi connectivity index (χ3n) is 7.62. The van der Waals surface area contributed by atoms with Crippen LogP contribution in [0.3, 0.4) is 0 Å². The smallest absolute Gasteiger partial charge is 0.324 e. The van der Waals surface area contributed by atoms with Crippen molar-refractivity contribution in [3.05, 3.63) is 5.82 Å². The highest BCUT2D eigenvalue weighted by Gasteiger charge is 2.62. The van der Waals surface area contributed by atoms with Crippen LogP contribution in [0.4, 0.5) is 6.01 Å². The first-order valence-corrected chi connectivity index (χ1v) is 10.6. The lowest BCUT2D eigenvalue weighted by Gasteiger charge is -2.47. The van der Waals surface area contributed by atoms with Gasteiger partial charge >= 0.3 is 6.01 Å². The molecule has 2 aliphatic carbocycles. The summed E-state index contributed by atoms with van der Waals surface area (Å²) in [6.45, 7) is 12.1. The quantitative estimate of drug-likeness (QED) is 0.784. The van der Waals surface area contributed by atoms with Crippen molar-refractivity contribution >= 4 is 11.9 Å². The summed E-state index contributed by atoms with van der Waals surface area (Å²) < 4.78 is 5.31. The predicted molar refractivity (Wildman–Crippen MR) is 101 cm³/mol. The maximum Gasteiger partial charge on any atom is 0.324 e. The summed E-state index contributed by atoms with van der Waals surface area (Å²) in [5.74, 6) is 2.67. The largest absolute Gasteiger partial charge is 0.343 e. The van der Waals surface area contributed by atoms with Crippen LogP contribution in [0.5, 0.6) is 0 Å². The van der Waals surface area contributed by atoms with E-state index in [2.05, 4.69) is 33.8 Å². The SMILES string of the molecule is CCN(CC)C(=O)C1C2CN(C3CCC4(C3)CN(c3nc(C)no3)C4)CC21. The molecule has 0 N–H and O–H groups in total. The first kappa shape index (κ1) is 17.5. The molecular weight excluding hydrogens is 342 g/mol. The van der Waals surface area contributed by atoms with Gasteiger partial charge in [-0.2, -0.15) is 4.98 Å². The highest BCUT2D eigenvalue weighted by atomic mass is 16.5. The highest BCUT2D eigenvalue weighted by Crippen LogP contribution is 2.55. The molecule has 3 atom stereocenters. The minimum Gasteiger partial charge on any atom is -0.343 e. The van der Waals surface area contributed by atoms with E-state index in [9.17, 15) is 4.79 Å². The number of amides is 1. The van der Waals surface area contributed by atoms with Gasteiger partial charge in [0, 0.05) is 56.6 Å². The van der Waals surface area contributed by atoms with Gasteiger partial charge in [0.05, 0.1) is 0 Å². The molecule has 2 saturated heterocycles. The molecule has 2 aliphatic heterocycles. The summed E-state index contributed by atoms with van der Waals surface area (Å²) in [5, 5.41) is 3.90. The predicted octanol–water partition coefficient (Wildman–Crippen LogP) is 1.78. The third-order valence-corrected chi connectivity index (χ3v) is 7.62. The van der Waals surface area contributed by atoms with Crippen molar-refractivity contribution in [3.63, 3.8) is 0 Å². The second-order valence-electron chi connectivity index (χ2n) is 9.19. The van der Waals surface area contributed by atoms with Crippen molar-refractivity contribution in [1.29, 1.82) is 0 Å². The van der Waals surface area contributed by atoms with E-state index in [1.807, 2.05) is 11.8 Å². The van der Waals surface area contributed by atoms with Gasteiger partial charge in [-0.3, -0.25) is 9.69 Å². The minimum atomic E-state index is 0.316. The Hall–Kier alpha value is -1.63. The van der Waals surface area contributed by atoms with Gasteiger partial charge in [-0.25, -0.2) is 0 Å². The second-order valence-corrected chi connectivity index (χ2v) is 9.19. The number of nitrogens with zero attached hydrogens (tertiary/aromatic N) is 5. The number of aryl methyl sites for hydroxylation is 1. The van der Waals surface area contributed by atoms with Gasteiger partial charge < -0.3 is 14.3 Å². The Morgan fingerprint density at radius 1 is 1.26 bits per heavy atom. The number of likely N-dealkylation sites (tertiary alicyclic amines) is 1. The Morgan fingerprint density at radius 3 is 2.56 bits per heavy atom. The number of aromatic nitrogens is 2. The van der Waals surface area contributed by atoms with E-state index in [0.29, 0.717) is 47.0 Å². The summed E-state index contributed by atoms with van der Waals surface area (Å²) in [7, 11) is 0. The molecule has 2 saturated carbocycles. The lowest BCUT2D eigenvalue weighted by Crippen LogP contribution is -2.56. The molecule has 27 heavy (non-hydrogen) atoms. The Morgan fingerprint density at radius 2 is 1.96 bits per heavy atom. The van der Waals surface area contributed by atoms with E-state index in [-0.39, 0.29) is 0 Å². The number of piperidine rings is 1. The summed E-state index contributed by atoms with van der Waals surface area (Å²) in [6, 6.07) is 1.38. The molecule has 0 aromatic carbocycles. The number of carbonyl (C=O) groups is 1. The normalized spacial score (nSPS) is 34.0. The molecule has 4 fully saturated rings. The first-order chi connectivity index (χ1) is 13.0. The molecule has 1 aromatic heterocycles. The van der Waals surface area contributed by atoms with Crippen LogP contribution in [0.15, 0.2) is 4.52 Å². The van der Waals surface area contributed by atoms with E-state index in [4.69, 9.17) is 4.52 Å². The van der Waals surface area contributed by atoms with Gasteiger partial charge in [0.2, 0.25) is 5.91 Å². The molecule has 5 rings (SSSR count). The number of hydrogen-bond donors (Lipinski definition) is 0. The zero-order valence-electron chi connectivity index (χ0n) is 16.7. The van der Waals surface area contributed by atoms with E-state index in [1.165, 1.54) is 19.3 Å². The van der Waals surface area contributed by atoms with Gasteiger partial charge in [-0.05, 0) is 51.9 Å². The number of carbonyl (C=O) groups excluding carboxylic acids is 1. The van der Waals surface area contributed by atoms with Gasteiger partial charge in [-0.1, -0.05) is 5.16 Å². The Labute approximate surface area is 161 Å². The fourth-order valence-electron chi connectivity index (χ4n) is 6.06. The third kappa shape index (κ3) is 2.77. The van der Waals surface area contributed by atoms with E-state index >= 15 is 0 Å². The number of fused-ring (bicyclic) bond motifs is 1. The molecule has 3 unspecified atom stereocenters. The minimum absolute atomic E-state index is 0.316. The molecule has 1 spiro atoms. The fraction of sp³-hybridized carbons (Fsp3) is 0.850. The second kappa shape index (κ2) is 6.19. The van der Waals surface area contributed by atoms with Crippen molar-refractivity contribution in [3.8, 4) is 0 Å². The lowest BCUT2D eigenvalue weighted by atomic mass is 9.78. The van der Waals surface area contributed by atoms with E-state index in [0.717, 1.165) is 39.3 Å². The molecule has 0 radical (unpaired) electrons. The van der Waals surface area contributed by atoms with Crippen molar-refractivity contribution in [1.82, 2.24) is 19.9 Å². The molecule has 7 nitrogen and oxygen atoms in total. The molecule has 3 heterocycles. The molecule has 148 valence electrons. The van der Waals surface area contributed by atoms with E-state index < -0.39 is 0 Å². The van der Waals surface area contributed by atoms with Crippen LogP contribution in [0, 0.1) is 30.1 Å². The standard InChI is InChI=1S/C20H31N5O2/c1-4-23(5-2)18(26)17-15-9-24(10-16(15)17)14-6-7-20(8-14)11-25(12-20)19-21-13(3)22-27-19/h14-17H,4-12H2,1-3H3. The molecule has 7 heteroatoms. The molecular formula is C20H31N5O2. The van der Waals surface area contributed by atoms with Gasteiger partial charge in [0.1, 0.15) is 0 Å². The Kier molecular flexibility index (Phi) is 4.00. The maximum absolute atomic E-state index is 12.6. The van der Waals surface area contributed by atoms with Crippen LogP contribution < -0.4 is 4.90 Å². The molecule has 0 bridgehead atoms. The van der Waals surface area contributed by atoms with E-state index in [1.54, 1.807) is 0 Å². The topological polar surface area (TPSA) is 65.7 Å². The Bertz CT molecular complexity index is 712. The van der Waals surface area contributed by atoms with Crippen LogP contribution in [0.2, 0.25) is 0 Å². The summed E-state index contributed by atoms with van der Waals surface area (Å²) in [4.78, 5) is 23.9. The lowest BCUT2D eigenvalue weighted by molar-refractivity contribution is -0.133. The number of rotatable bonds is 5. The Balaban J connectivity index is 1.12. The van der Waals surface area contributed by atoms with Gasteiger partial charge in [-0.15, -0.1) is 0 Å². The summed E-state index contributed by atoms with van der Waals surface area (Å²) in [6.07, 6.45) is 3.88. The molecule has 1 aromatic rings. The van der Waals surface area contributed by atoms with Crippen molar-refractivity contribution in [2.75, 3.05) is 44.2 Å². The average molecular weight is 374 g/mol. The summed E-state index contributed by atoms with van der Waals surface area (Å²) in [5.41, 5.74) is 0.441. The molecule has 1 amide bonds. The highest BCUT2D eigenvalue weighted by molar-refractivity contribution is 5.82. The van der Waals surface area contributed by atoms with Gasteiger partial charge in [0.15, 0.2) is 5.82 Å². The number of anilines is 1. The summed E-state index contributed by atoms with van der Waals surface area (Å²) >= 11 is 0. The van der Waals surface area contributed by atoms with Crippen LogP contribution in [-0.2, 0) is 4.79 Å². The van der Waals surface area contributed by atoms with Crippen LogP contribution in [0.1, 0.15) is 38.9 Å². The van der Waals surface area contributed by atoms with Crippen molar-refractivity contribution in [2.45, 2.75) is 46.1 Å². The molecule has 4 aliphatic rings. The fourth-order valence-corrected chi connectivity index (χ4v) is 6.06. The van der Waals surface area contributed by atoms with Gasteiger partial charge in [0.25, 0.3) is 0 Å². The monoisotopic (exact) mass is 373 g/mol.